The van der Waals surface area contributed by atoms with Crippen LogP contribution in [-0.4, -0.2) is 28.4 Å². The summed E-state index contributed by atoms with van der Waals surface area (Å²) in [6.45, 7) is 5.11. The summed E-state index contributed by atoms with van der Waals surface area (Å²) in [5, 5.41) is 19.2. The molecule has 3 rings (SSSR count). The Balaban J connectivity index is 1.80. The number of hydrogen-bond donors (Lipinski definition) is 3. The van der Waals surface area contributed by atoms with Gasteiger partial charge in [-0.15, -0.1) is 11.3 Å². The Kier molecular flexibility index (Phi) is 8.28. The first-order chi connectivity index (χ1) is 16.9. The summed E-state index contributed by atoms with van der Waals surface area (Å²) in [5.41, 5.74) is -0.200. The number of hydrogen-bond acceptors (Lipinski definition) is 7. The predicted molar refractivity (Wildman–Crippen MR) is 138 cm³/mol. The van der Waals surface area contributed by atoms with Gasteiger partial charge in [-0.1, -0.05) is 29.8 Å². The third kappa shape index (κ3) is 7.27. The van der Waals surface area contributed by atoms with Gasteiger partial charge in [0.1, 0.15) is 5.60 Å². The predicted octanol–water partition coefficient (Wildman–Crippen LogP) is 5.84. The highest BCUT2D eigenvalue weighted by Gasteiger charge is 2.22. The second-order valence-electron chi connectivity index (χ2n) is 8.51. The van der Waals surface area contributed by atoms with Crippen molar-refractivity contribution in [2.45, 2.75) is 32.9 Å². The first kappa shape index (κ1) is 26.6. The Morgan fingerprint density at radius 1 is 1.00 bits per heavy atom. The van der Waals surface area contributed by atoms with Gasteiger partial charge in [0.25, 0.3) is 17.5 Å². The molecular formula is C24H23ClN4O6S. The van der Waals surface area contributed by atoms with Crippen LogP contribution in [0.4, 0.5) is 21.9 Å². The molecule has 1 heterocycles. The normalized spacial score (nSPS) is 10.9. The molecule has 2 aromatic carbocycles. The molecular weight excluding hydrogens is 508 g/mol. The van der Waals surface area contributed by atoms with Crippen molar-refractivity contribution in [1.29, 1.82) is 0 Å². The van der Waals surface area contributed by atoms with Crippen molar-refractivity contribution in [2.75, 3.05) is 10.6 Å². The van der Waals surface area contributed by atoms with Crippen LogP contribution >= 0.6 is 22.9 Å². The van der Waals surface area contributed by atoms with Crippen LogP contribution < -0.4 is 16.0 Å². The lowest BCUT2D eigenvalue weighted by atomic mass is 10.1. The van der Waals surface area contributed by atoms with E-state index in [-0.39, 0.29) is 29.4 Å². The number of benzene rings is 2. The van der Waals surface area contributed by atoms with Crippen molar-refractivity contribution < 1.29 is 24.0 Å². The summed E-state index contributed by atoms with van der Waals surface area (Å²) in [5.74, 6) is -0.938. The van der Waals surface area contributed by atoms with Crippen LogP contribution in [0.3, 0.4) is 0 Å². The lowest BCUT2D eigenvalue weighted by Crippen LogP contribution is -2.28. The summed E-state index contributed by atoms with van der Waals surface area (Å²) in [6.07, 6.45) is -0.867. The van der Waals surface area contributed by atoms with Gasteiger partial charge in [0, 0.05) is 24.4 Å². The second kappa shape index (κ2) is 11.2. The maximum absolute atomic E-state index is 13.1. The average molecular weight is 531 g/mol. The number of ether oxygens (including phenoxy) is 1. The minimum atomic E-state index is -0.867. The van der Waals surface area contributed by atoms with Crippen LogP contribution in [-0.2, 0) is 11.3 Å². The minimum absolute atomic E-state index is 0.0153. The van der Waals surface area contributed by atoms with E-state index in [4.69, 9.17) is 16.3 Å². The molecule has 0 fully saturated rings. The number of nitrogens with one attached hydrogen (secondary N) is 3. The number of anilines is 2. The van der Waals surface area contributed by atoms with Crippen LogP contribution in [0.2, 0.25) is 4.34 Å². The van der Waals surface area contributed by atoms with Crippen molar-refractivity contribution in [3.8, 4) is 0 Å². The first-order valence-corrected chi connectivity index (χ1v) is 11.8. The van der Waals surface area contributed by atoms with Crippen molar-refractivity contribution in [3.05, 3.63) is 85.1 Å². The quantitative estimate of drug-likeness (QED) is 0.259. The number of nitro benzene ring substituents is 1. The van der Waals surface area contributed by atoms with Crippen molar-refractivity contribution in [3.63, 3.8) is 0 Å². The van der Waals surface area contributed by atoms with Gasteiger partial charge in [0.05, 0.1) is 25.4 Å². The van der Waals surface area contributed by atoms with Crippen LogP contribution in [0.15, 0.2) is 54.6 Å². The molecule has 3 amide bonds. The number of nitro groups is 1. The van der Waals surface area contributed by atoms with Gasteiger partial charge < -0.3 is 15.4 Å². The largest absolute Gasteiger partial charge is 0.444 e. The fourth-order valence-corrected chi connectivity index (χ4v) is 4.01. The van der Waals surface area contributed by atoms with E-state index in [1.807, 2.05) is 0 Å². The molecule has 1 aromatic heterocycles. The Bertz CT molecular complexity index is 1320. The Hall–Kier alpha value is -3.96. The second-order valence-corrected chi connectivity index (χ2v) is 10.2. The Labute approximate surface area is 215 Å². The van der Waals surface area contributed by atoms with Gasteiger partial charge in [-0.2, -0.15) is 0 Å². The van der Waals surface area contributed by atoms with Gasteiger partial charge >= 0.3 is 6.09 Å². The van der Waals surface area contributed by atoms with E-state index in [0.717, 1.165) is 23.5 Å². The summed E-state index contributed by atoms with van der Waals surface area (Å²) in [6, 6.07) is 13.6. The number of nitrogens with zero attached hydrogens (tertiary/aromatic N) is 1. The summed E-state index contributed by atoms with van der Waals surface area (Å²) >= 11 is 7.03. The van der Waals surface area contributed by atoms with E-state index >= 15 is 0 Å². The zero-order chi connectivity index (χ0) is 26.5. The molecule has 0 saturated carbocycles. The SMILES string of the molecule is CC(C)(C)OC(=O)Nc1cc([N+](=O)[O-])ccc1C(=O)Nc1ccccc1CNC(=O)c1ccc(Cl)s1. The number of carbonyl (C=O) groups is 3. The first-order valence-electron chi connectivity index (χ1n) is 10.6. The molecule has 0 aliphatic rings. The molecule has 0 saturated heterocycles. The average Bonchev–Trinajstić information content (AvgIpc) is 3.23. The summed E-state index contributed by atoms with van der Waals surface area (Å²) < 4.78 is 5.70. The topological polar surface area (TPSA) is 140 Å². The molecule has 3 N–H and O–H groups in total. The van der Waals surface area contributed by atoms with E-state index in [2.05, 4.69) is 16.0 Å². The molecule has 36 heavy (non-hydrogen) atoms. The fourth-order valence-electron chi connectivity index (χ4n) is 3.05. The highest BCUT2D eigenvalue weighted by atomic mass is 35.5. The van der Waals surface area contributed by atoms with Gasteiger partial charge in [-0.25, -0.2) is 4.79 Å². The summed E-state index contributed by atoms with van der Waals surface area (Å²) in [7, 11) is 0. The van der Waals surface area contributed by atoms with Crippen molar-refractivity contribution in [1.82, 2.24) is 5.32 Å². The zero-order valence-corrected chi connectivity index (χ0v) is 21.2. The fraction of sp³-hybridized carbons (Fsp3) is 0.208. The smallest absolute Gasteiger partial charge is 0.412 e. The molecule has 0 aliphatic heterocycles. The third-order valence-electron chi connectivity index (χ3n) is 4.60. The maximum Gasteiger partial charge on any atom is 0.412 e. The lowest BCUT2D eigenvalue weighted by Gasteiger charge is -2.20. The minimum Gasteiger partial charge on any atom is -0.444 e. The van der Waals surface area contributed by atoms with Crippen molar-refractivity contribution in [2.24, 2.45) is 0 Å². The lowest BCUT2D eigenvalue weighted by molar-refractivity contribution is -0.384. The molecule has 0 atom stereocenters. The van der Waals surface area contributed by atoms with Crippen LogP contribution in [0.25, 0.3) is 0 Å². The summed E-state index contributed by atoms with van der Waals surface area (Å²) in [4.78, 5) is 48.8. The van der Waals surface area contributed by atoms with Crippen LogP contribution in [0, 0.1) is 10.1 Å². The van der Waals surface area contributed by atoms with E-state index in [1.54, 1.807) is 57.2 Å². The van der Waals surface area contributed by atoms with Crippen LogP contribution in [0.1, 0.15) is 46.4 Å². The number of non-ortho nitro benzene ring substituents is 1. The Morgan fingerprint density at radius 2 is 1.72 bits per heavy atom. The number of halogens is 1. The molecule has 0 spiro atoms. The molecule has 3 aromatic rings. The number of rotatable bonds is 7. The van der Waals surface area contributed by atoms with E-state index in [0.29, 0.717) is 20.5 Å². The van der Waals surface area contributed by atoms with E-state index < -0.39 is 22.5 Å². The molecule has 12 heteroatoms. The Morgan fingerprint density at radius 3 is 2.36 bits per heavy atom. The third-order valence-corrected chi connectivity index (χ3v) is 5.83. The number of carbonyl (C=O) groups excluding carboxylic acids is 3. The van der Waals surface area contributed by atoms with E-state index in [1.165, 1.54) is 6.07 Å². The van der Waals surface area contributed by atoms with Gasteiger partial charge in [0.2, 0.25) is 0 Å². The van der Waals surface area contributed by atoms with E-state index in [9.17, 15) is 24.5 Å². The molecule has 188 valence electrons. The molecule has 0 radical (unpaired) electrons. The highest BCUT2D eigenvalue weighted by Crippen LogP contribution is 2.26. The van der Waals surface area contributed by atoms with Gasteiger partial charge in [-0.05, 0) is 50.6 Å². The molecule has 0 bridgehead atoms. The molecule has 0 unspecified atom stereocenters. The van der Waals surface area contributed by atoms with Crippen LogP contribution in [0.5, 0.6) is 0 Å². The highest BCUT2D eigenvalue weighted by molar-refractivity contribution is 7.18. The number of para-hydroxylation sites is 1. The molecule has 10 nitrogen and oxygen atoms in total. The van der Waals surface area contributed by atoms with Crippen molar-refractivity contribution >= 4 is 57.9 Å². The number of thiophene rings is 1. The molecule has 0 aliphatic carbocycles. The zero-order valence-electron chi connectivity index (χ0n) is 19.6. The van der Waals surface area contributed by atoms with Gasteiger partial charge in [0.15, 0.2) is 0 Å². The maximum atomic E-state index is 13.1. The van der Waals surface area contributed by atoms with Gasteiger partial charge in [-0.3, -0.25) is 25.0 Å². The monoisotopic (exact) mass is 530 g/mol. The number of amides is 3. The standard InChI is InChI=1S/C24H23ClN4O6S/c1-24(2,3)35-23(32)28-18-12-15(29(33)34)8-9-16(18)21(30)27-17-7-5-4-6-14(17)13-26-22(31)19-10-11-20(25)36-19/h4-12H,13H2,1-3H3,(H,26,31)(H,27,30)(H,28,32).